The molecule has 2 aromatic carbocycles. The molecule has 0 saturated heterocycles. The Balaban J connectivity index is 1.56. The van der Waals surface area contributed by atoms with Crippen LogP contribution in [0, 0.1) is 0 Å². The number of carbonyl (C=O) groups excluding carboxylic acids is 2. The van der Waals surface area contributed by atoms with Crippen molar-refractivity contribution in [2.24, 2.45) is 0 Å². The zero-order valence-corrected chi connectivity index (χ0v) is 14.9. The number of amides is 2. The van der Waals surface area contributed by atoms with E-state index in [1.807, 2.05) is 23.1 Å². The van der Waals surface area contributed by atoms with Gasteiger partial charge in [0, 0.05) is 23.5 Å². The van der Waals surface area contributed by atoms with Crippen LogP contribution in [0.15, 0.2) is 48.5 Å². The highest BCUT2D eigenvalue weighted by Gasteiger charge is 2.20. The van der Waals surface area contributed by atoms with Crippen molar-refractivity contribution in [3.05, 3.63) is 59.7 Å². The Morgan fingerprint density at radius 3 is 2.52 bits per heavy atom. The number of aliphatic carboxylic acids is 1. The normalized spacial score (nSPS) is 13.6. The molecule has 7 heteroatoms. The van der Waals surface area contributed by atoms with Crippen LogP contribution in [-0.4, -0.2) is 42.0 Å². The molecule has 1 aliphatic rings. The lowest BCUT2D eigenvalue weighted by Gasteiger charge is -2.18. The maximum absolute atomic E-state index is 12.3. The monoisotopic (exact) mass is 367 g/mol. The summed E-state index contributed by atoms with van der Waals surface area (Å²) in [5.41, 5.74) is 3.24. The van der Waals surface area contributed by atoms with Crippen molar-refractivity contribution in [3.8, 4) is 0 Å². The maximum Gasteiger partial charge on any atom is 0.325 e. The summed E-state index contributed by atoms with van der Waals surface area (Å²) >= 11 is 0. The minimum atomic E-state index is -1.10. The topological polar surface area (TPSA) is 98.7 Å². The van der Waals surface area contributed by atoms with Crippen molar-refractivity contribution >= 4 is 29.2 Å². The lowest BCUT2D eigenvalue weighted by Crippen LogP contribution is -2.38. The van der Waals surface area contributed by atoms with Crippen molar-refractivity contribution in [2.45, 2.75) is 19.4 Å². The second-order valence-electron chi connectivity index (χ2n) is 6.46. The maximum atomic E-state index is 12.3. The van der Waals surface area contributed by atoms with Crippen LogP contribution in [0.25, 0.3) is 0 Å². The van der Waals surface area contributed by atoms with Crippen molar-refractivity contribution < 1.29 is 19.5 Å². The second-order valence-corrected chi connectivity index (χ2v) is 6.46. The van der Waals surface area contributed by atoms with E-state index in [0.29, 0.717) is 11.3 Å². The molecule has 0 fully saturated rings. The molecule has 2 amide bonds. The molecule has 1 atom stereocenters. The van der Waals surface area contributed by atoms with Gasteiger partial charge < -0.3 is 20.6 Å². The first kappa shape index (κ1) is 18.4. The third kappa shape index (κ3) is 4.44. The van der Waals surface area contributed by atoms with Crippen LogP contribution in [0.3, 0.4) is 0 Å². The average Bonchev–Trinajstić information content (AvgIpc) is 3.05. The molecule has 1 unspecified atom stereocenters. The van der Waals surface area contributed by atoms with Gasteiger partial charge in [0.2, 0.25) is 5.91 Å². The summed E-state index contributed by atoms with van der Waals surface area (Å²) in [6.07, 6.45) is 0.933. The summed E-state index contributed by atoms with van der Waals surface area (Å²) in [4.78, 5) is 37.1. The van der Waals surface area contributed by atoms with E-state index in [2.05, 4.69) is 16.7 Å². The molecule has 3 rings (SSSR count). The predicted molar refractivity (Wildman–Crippen MR) is 102 cm³/mol. The van der Waals surface area contributed by atoms with Gasteiger partial charge in [-0.15, -0.1) is 0 Å². The fourth-order valence-corrected chi connectivity index (χ4v) is 2.99. The van der Waals surface area contributed by atoms with Gasteiger partial charge in [0.1, 0.15) is 6.04 Å². The predicted octanol–water partition coefficient (Wildman–Crippen LogP) is 1.89. The molecule has 0 aliphatic carbocycles. The van der Waals surface area contributed by atoms with Gasteiger partial charge in [0.25, 0.3) is 5.91 Å². The molecule has 1 aliphatic heterocycles. The van der Waals surface area contributed by atoms with Crippen LogP contribution in [0.2, 0.25) is 0 Å². The van der Waals surface area contributed by atoms with Gasteiger partial charge in [-0.25, -0.2) is 0 Å². The van der Waals surface area contributed by atoms with E-state index >= 15 is 0 Å². The Morgan fingerprint density at radius 1 is 1.11 bits per heavy atom. The minimum absolute atomic E-state index is 0.136. The van der Waals surface area contributed by atoms with Gasteiger partial charge in [-0.2, -0.15) is 0 Å². The van der Waals surface area contributed by atoms with Crippen LogP contribution in [-0.2, 0) is 16.0 Å². The van der Waals surface area contributed by atoms with Crippen LogP contribution in [0.5, 0.6) is 0 Å². The number of hydrogen-bond acceptors (Lipinski definition) is 4. The highest BCUT2D eigenvalue weighted by molar-refractivity contribution is 5.98. The average molecular weight is 367 g/mol. The Hall–Kier alpha value is -3.35. The number of carboxylic acid groups (broad SMARTS) is 1. The van der Waals surface area contributed by atoms with Crippen LogP contribution in [0.4, 0.5) is 11.4 Å². The second kappa shape index (κ2) is 7.90. The van der Waals surface area contributed by atoms with E-state index in [1.165, 1.54) is 12.5 Å². The van der Waals surface area contributed by atoms with E-state index in [-0.39, 0.29) is 12.5 Å². The first-order valence-electron chi connectivity index (χ1n) is 8.70. The lowest BCUT2D eigenvalue weighted by molar-refractivity contribution is -0.138. The molecule has 7 nitrogen and oxygen atoms in total. The molecular weight excluding hydrogens is 346 g/mol. The lowest BCUT2D eigenvalue weighted by atomic mass is 10.2. The van der Waals surface area contributed by atoms with Crippen molar-refractivity contribution in [1.29, 1.82) is 0 Å². The number of rotatable bonds is 6. The number of carboxylic acids is 1. The number of fused-ring (bicyclic) bond motifs is 1. The summed E-state index contributed by atoms with van der Waals surface area (Å²) in [5.74, 6) is -1.71. The molecule has 140 valence electrons. The number of para-hydroxylation sites is 1. The SMILES string of the molecule is CC(NC(=O)c1ccc(NC(=O)CN2CCc3ccccc32)cc1)C(=O)O. The molecule has 0 saturated carbocycles. The van der Waals surface area contributed by atoms with E-state index in [9.17, 15) is 14.4 Å². The third-order valence-electron chi connectivity index (χ3n) is 4.47. The summed E-state index contributed by atoms with van der Waals surface area (Å²) in [6.45, 7) is 2.47. The van der Waals surface area contributed by atoms with Crippen molar-refractivity contribution in [1.82, 2.24) is 5.32 Å². The largest absolute Gasteiger partial charge is 0.480 e. The molecular formula is C20H21N3O4. The fourth-order valence-electron chi connectivity index (χ4n) is 2.99. The minimum Gasteiger partial charge on any atom is -0.480 e. The molecule has 2 aromatic rings. The van der Waals surface area contributed by atoms with Crippen LogP contribution in [0.1, 0.15) is 22.8 Å². The van der Waals surface area contributed by atoms with Crippen LogP contribution >= 0.6 is 0 Å². The Labute approximate surface area is 157 Å². The number of hydrogen-bond donors (Lipinski definition) is 3. The highest BCUT2D eigenvalue weighted by Crippen LogP contribution is 2.27. The van der Waals surface area contributed by atoms with Gasteiger partial charge in [0.15, 0.2) is 0 Å². The molecule has 0 aromatic heterocycles. The molecule has 27 heavy (non-hydrogen) atoms. The molecule has 1 heterocycles. The number of nitrogens with one attached hydrogen (secondary N) is 2. The summed E-state index contributed by atoms with van der Waals surface area (Å²) in [5, 5.41) is 14.0. The van der Waals surface area contributed by atoms with Gasteiger partial charge in [-0.05, 0) is 49.2 Å². The van der Waals surface area contributed by atoms with E-state index in [0.717, 1.165) is 18.7 Å². The number of anilines is 2. The highest BCUT2D eigenvalue weighted by atomic mass is 16.4. The molecule has 0 bridgehead atoms. The van der Waals surface area contributed by atoms with Gasteiger partial charge in [-0.3, -0.25) is 14.4 Å². The van der Waals surface area contributed by atoms with Gasteiger partial charge in [0.05, 0.1) is 6.54 Å². The Kier molecular flexibility index (Phi) is 5.40. The summed E-state index contributed by atoms with van der Waals surface area (Å²) in [7, 11) is 0. The van der Waals surface area contributed by atoms with Gasteiger partial charge >= 0.3 is 5.97 Å². The Bertz CT molecular complexity index is 864. The van der Waals surface area contributed by atoms with Crippen molar-refractivity contribution in [2.75, 3.05) is 23.3 Å². The van der Waals surface area contributed by atoms with E-state index < -0.39 is 17.9 Å². The fraction of sp³-hybridized carbons (Fsp3) is 0.250. The smallest absolute Gasteiger partial charge is 0.325 e. The summed E-state index contributed by atoms with van der Waals surface area (Å²) in [6, 6.07) is 13.4. The zero-order chi connectivity index (χ0) is 19.4. The standard InChI is InChI=1S/C20H21N3O4/c1-13(20(26)27)21-19(25)15-6-8-16(9-7-15)22-18(24)12-23-11-10-14-4-2-3-5-17(14)23/h2-9,13H,10-12H2,1H3,(H,21,25)(H,22,24)(H,26,27). The molecule has 0 radical (unpaired) electrons. The quantitative estimate of drug-likeness (QED) is 0.724. The zero-order valence-electron chi connectivity index (χ0n) is 14.9. The first-order valence-corrected chi connectivity index (χ1v) is 8.70. The van der Waals surface area contributed by atoms with Gasteiger partial charge in [-0.1, -0.05) is 18.2 Å². The van der Waals surface area contributed by atoms with Crippen molar-refractivity contribution in [3.63, 3.8) is 0 Å². The third-order valence-corrected chi connectivity index (χ3v) is 4.47. The Morgan fingerprint density at radius 2 is 1.81 bits per heavy atom. The molecule has 3 N–H and O–H groups in total. The number of nitrogens with zero attached hydrogens (tertiary/aromatic N) is 1. The number of carbonyl (C=O) groups is 3. The summed E-state index contributed by atoms with van der Waals surface area (Å²) < 4.78 is 0. The van der Waals surface area contributed by atoms with Crippen LogP contribution < -0.4 is 15.5 Å². The van der Waals surface area contributed by atoms with E-state index in [1.54, 1.807) is 24.3 Å². The molecule has 0 spiro atoms. The van der Waals surface area contributed by atoms with E-state index in [4.69, 9.17) is 5.11 Å². The number of benzene rings is 2. The first-order chi connectivity index (χ1) is 12.9.